The molecule has 0 unspecified atom stereocenters. The van der Waals surface area contributed by atoms with Crippen LogP contribution in [0.3, 0.4) is 0 Å². The third-order valence-corrected chi connectivity index (χ3v) is 5.52. The molecule has 0 aliphatic carbocycles. The van der Waals surface area contributed by atoms with Crippen LogP contribution in [0, 0.1) is 10.1 Å². The monoisotopic (exact) mass is 504 g/mol. The number of hydrazone groups is 1. The van der Waals surface area contributed by atoms with Crippen LogP contribution in [0.25, 0.3) is 0 Å². The molecule has 0 atom stereocenters. The molecule has 0 saturated carbocycles. The van der Waals surface area contributed by atoms with Crippen molar-refractivity contribution in [1.82, 2.24) is 14.9 Å². The summed E-state index contributed by atoms with van der Waals surface area (Å²) < 4.78 is 6.99. The van der Waals surface area contributed by atoms with E-state index in [0.717, 1.165) is 23.1 Å². The zero-order chi connectivity index (χ0) is 25.3. The molecule has 0 saturated heterocycles. The Hall–Kier alpha value is -4.91. The number of non-ortho nitro benzene ring substituents is 1. The van der Waals surface area contributed by atoms with Gasteiger partial charge in [-0.2, -0.15) is 5.10 Å². The van der Waals surface area contributed by atoms with E-state index in [9.17, 15) is 14.9 Å². The van der Waals surface area contributed by atoms with Gasteiger partial charge in [0.25, 0.3) is 11.6 Å². The Morgan fingerprint density at radius 2 is 1.83 bits per heavy atom. The van der Waals surface area contributed by atoms with Crippen LogP contribution in [0.4, 0.5) is 17.3 Å². The maximum Gasteiger partial charge on any atom is 0.269 e. The van der Waals surface area contributed by atoms with Crippen molar-refractivity contribution in [3.63, 3.8) is 0 Å². The molecule has 0 radical (unpaired) electrons. The van der Waals surface area contributed by atoms with Gasteiger partial charge in [-0.3, -0.25) is 14.9 Å². The van der Waals surface area contributed by atoms with Gasteiger partial charge in [-0.15, -0.1) is 10.2 Å². The Labute approximate surface area is 209 Å². The molecule has 0 bridgehead atoms. The van der Waals surface area contributed by atoms with Crippen molar-refractivity contribution in [2.45, 2.75) is 5.16 Å². The summed E-state index contributed by atoms with van der Waals surface area (Å²) in [5, 5.41) is 25.7. The second-order valence-corrected chi connectivity index (χ2v) is 8.12. The van der Waals surface area contributed by atoms with Gasteiger partial charge in [0.05, 0.1) is 16.9 Å². The number of aromatic nitrogens is 3. The van der Waals surface area contributed by atoms with Gasteiger partial charge in [-0.1, -0.05) is 42.1 Å². The van der Waals surface area contributed by atoms with E-state index in [-0.39, 0.29) is 23.3 Å². The van der Waals surface area contributed by atoms with Crippen LogP contribution < -0.4 is 21.3 Å². The topological polar surface area (TPSA) is 163 Å². The summed E-state index contributed by atoms with van der Waals surface area (Å²) >= 11 is 1.07. The van der Waals surface area contributed by atoms with Crippen molar-refractivity contribution in [2.75, 3.05) is 22.3 Å². The minimum absolute atomic E-state index is 0.00377. The van der Waals surface area contributed by atoms with E-state index in [1.165, 1.54) is 28.9 Å². The minimum atomic E-state index is -0.511. The maximum atomic E-state index is 12.2. The molecule has 0 aliphatic heterocycles. The fourth-order valence-corrected chi connectivity index (χ4v) is 3.55. The number of nitrogens with one attached hydrogen (secondary N) is 2. The van der Waals surface area contributed by atoms with E-state index < -0.39 is 4.92 Å². The van der Waals surface area contributed by atoms with Gasteiger partial charge in [0.1, 0.15) is 11.5 Å². The molecule has 13 heteroatoms. The lowest BCUT2D eigenvalue weighted by Gasteiger charge is -2.06. The number of para-hydroxylation sites is 1. The quantitative estimate of drug-likeness (QED) is 0.0956. The highest BCUT2D eigenvalue weighted by atomic mass is 32.2. The smallest absolute Gasteiger partial charge is 0.269 e. The maximum absolute atomic E-state index is 12.2. The zero-order valence-corrected chi connectivity index (χ0v) is 19.5. The number of hydrogen-bond donors (Lipinski definition) is 3. The molecule has 12 nitrogen and oxygen atoms in total. The first-order valence-electron chi connectivity index (χ1n) is 10.5. The average Bonchev–Trinajstić information content (AvgIpc) is 3.23. The van der Waals surface area contributed by atoms with Crippen LogP contribution in [-0.4, -0.2) is 37.7 Å². The number of thioether (sulfide) groups is 1. The normalized spacial score (nSPS) is 10.8. The highest BCUT2D eigenvalue weighted by molar-refractivity contribution is 7.99. The van der Waals surface area contributed by atoms with Gasteiger partial charge >= 0.3 is 0 Å². The molecular formula is C23H20N8O4S. The molecule has 3 aromatic carbocycles. The van der Waals surface area contributed by atoms with Gasteiger partial charge in [0.15, 0.2) is 0 Å². The molecule has 1 aromatic heterocycles. The number of anilines is 2. The van der Waals surface area contributed by atoms with Crippen molar-refractivity contribution in [3.05, 3.63) is 94.5 Å². The Kier molecular flexibility index (Phi) is 7.73. The lowest BCUT2D eigenvalue weighted by atomic mass is 10.2. The van der Waals surface area contributed by atoms with Crippen LogP contribution in [0.2, 0.25) is 0 Å². The van der Waals surface area contributed by atoms with E-state index in [4.69, 9.17) is 10.6 Å². The van der Waals surface area contributed by atoms with E-state index >= 15 is 0 Å². The van der Waals surface area contributed by atoms with Gasteiger partial charge in [-0.05, 0) is 42.0 Å². The molecule has 0 aliphatic rings. The number of nitrogen functional groups attached to an aromatic ring is 1. The van der Waals surface area contributed by atoms with Crippen molar-refractivity contribution in [2.24, 2.45) is 5.10 Å². The number of benzene rings is 3. The van der Waals surface area contributed by atoms with Crippen LogP contribution in [0.15, 0.2) is 89.1 Å². The lowest BCUT2D eigenvalue weighted by Crippen LogP contribution is -2.16. The Morgan fingerprint density at radius 3 is 2.58 bits per heavy atom. The number of rotatable bonds is 10. The predicted octanol–water partition coefficient (Wildman–Crippen LogP) is 3.87. The SMILES string of the molecule is Nn1c(N/N=C/c2cccc(Oc3ccccc3)c2)nnc1SCC(=O)Nc1ccc([N+](=O)[O-])cc1. The highest BCUT2D eigenvalue weighted by Crippen LogP contribution is 2.22. The van der Waals surface area contributed by atoms with Crippen LogP contribution in [0.1, 0.15) is 5.56 Å². The number of carbonyl (C=O) groups excluding carboxylic acids is 1. The van der Waals surface area contributed by atoms with Gasteiger partial charge in [0.2, 0.25) is 11.1 Å². The molecule has 182 valence electrons. The van der Waals surface area contributed by atoms with Crippen molar-refractivity contribution >= 4 is 41.2 Å². The number of carbonyl (C=O) groups is 1. The molecule has 4 N–H and O–H groups in total. The molecule has 4 aromatic rings. The van der Waals surface area contributed by atoms with Gasteiger partial charge in [-0.25, -0.2) is 10.1 Å². The first-order chi connectivity index (χ1) is 17.5. The minimum Gasteiger partial charge on any atom is -0.457 e. The molecule has 4 rings (SSSR count). The number of nitrogens with zero attached hydrogens (tertiary/aromatic N) is 5. The van der Waals surface area contributed by atoms with Crippen molar-refractivity contribution in [3.8, 4) is 11.5 Å². The second kappa shape index (κ2) is 11.5. The third-order valence-electron chi connectivity index (χ3n) is 4.57. The number of nitro benzene ring substituents is 1. The number of amides is 1. The Bertz CT molecular complexity index is 1380. The van der Waals surface area contributed by atoms with E-state index in [2.05, 4.69) is 26.0 Å². The van der Waals surface area contributed by atoms with Gasteiger partial charge < -0.3 is 15.9 Å². The third kappa shape index (κ3) is 6.57. The summed E-state index contributed by atoms with van der Waals surface area (Å²) in [5.41, 5.74) is 3.88. The molecule has 1 amide bonds. The summed E-state index contributed by atoms with van der Waals surface area (Å²) in [6, 6.07) is 22.3. The standard InChI is InChI=1S/C23H20N8O4S/c24-30-22(27-25-14-16-5-4-8-20(13-16)35-19-6-2-1-3-7-19)28-29-23(30)36-15-21(32)26-17-9-11-18(12-10-17)31(33)34/h1-14H,15,24H2,(H,26,32)(H,27,28)/b25-14+. The van der Waals surface area contributed by atoms with Crippen molar-refractivity contribution < 1.29 is 14.5 Å². The summed E-state index contributed by atoms with van der Waals surface area (Å²) in [6.07, 6.45) is 1.58. The van der Waals surface area contributed by atoms with E-state index in [0.29, 0.717) is 16.6 Å². The fraction of sp³-hybridized carbons (Fsp3) is 0.0435. The summed E-state index contributed by atoms with van der Waals surface area (Å²) in [7, 11) is 0. The largest absolute Gasteiger partial charge is 0.457 e. The highest BCUT2D eigenvalue weighted by Gasteiger charge is 2.13. The first kappa shape index (κ1) is 24.2. The summed E-state index contributed by atoms with van der Waals surface area (Å²) in [5.74, 6) is 7.24. The number of nitro groups is 1. The summed E-state index contributed by atoms with van der Waals surface area (Å²) in [4.78, 5) is 22.4. The Morgan fingerprint density at radius 1 is 1.08 bits per heavy atom. The number of nitrogens with two attached hydrogens (primary N) is 1. The average molecular weight is 505 g/mol. The first-order valence-corrected chi connectivity index (χ1v) is 11.5. The molecular weight excluding hydrogens is 484 g/mol. The molecule has 0 spiro atoms. The number of ether oxygens (including phenoxy) is 1. The molecule has 1 heterocycles. The lowest BCUT2D eigenvalue weighted by molar-refractivity contribution is -0.384. The fourth-order valence-electron chi connectivity index (χ4n) is 2.89. The van der Waals surface area contributed by atoms with Crippen LogP contribution in [0.5, 0.6) is 11.5 Å². The zero-order valence-electron chi connectivity index (χ0n) is 18.6. The van der Waals surface area contributed by atoms with Crippen LogP contribution in [-0.2, 0) is 4.79 Å². The van der Waals surface area contributed by atoms with E-state index in [1.807, 2.05) is 54.6 Å². The van der Waals surface area contributed by atoms with Crippen LogP contribution >= 0.6 is 11.8 Å². The predicted molar refractivity (Wildman–Crippen MR) is 137 cm³/mol. The summed E-state index contributed by atoms with van der Waals surface area (Å²) in [6.45, 7) is 0. The Balaban J connectivity index is 1.28. The molecule has 36 heavy (non-hydrogen) atoms. The van der Waals surface area contributed by atoms with Crippen molar-refractivity contribution in [1.29, 1.82) is 0 Å². The molecule has 0 fully saturated rings. The number of hydrogen-bond acceptors (Lipinski definition) is 10. The second-order valence-electron chi connectivity index (χ2n) is 7.17. The van der Waals surface area contributed by atoms with Gasteiger partial charge in [0, 0.05) is 17.8 Å². The van der Waals surface area contributed by atoms with E-state index in [1.54, 1.807) is 6.21 Å².